The zero-order chi connectivity index (χ0) is 13.2. The molecule has 2 N–H and O–H groups in total. The van der Waals surface area contributed by atoms with E-state index in [4.69, 9.17) is 0 Å². The van der Waals surface area contributed by atoms with Crippen LogP contribution in [0.15, 0.2) is 30.5 Å². The fourth-order valence-corrected chi connectivity index (χ4v) is 2.75. The lowest BCUT2D eigenvalue weighted by Crippen LogP contribution is -2.33. The Labute approximate surface area is 112 Å². The third kappa shape index (κ3) is 2.36. The minimum Gasteiger partial charge on any atom is -0.359 e. The summed E-state index contributed by atoms with van der Waals surface area (Å²) in [5, 5.41) is 4.46. The number of nitrogens with one attached hydrogen (secondary N) is 2. The van der Waals surface area contributed by atoms with E-state index >= 15 is 0 Å². The molecule has 0 spiro atoms. The average molecular weight is 257 g/mol. The van der Waals surface area contributed by atoms with Gasteiger partial charge >= 0.3 is 0 Å². The summed E-state index contributed by atoms with van der Waals surface area (Å²) in [7, 11) is 1.85. The minimum atomic E-state index is 0.171. The molecule has 0 radical (unpaired) electrons. The lowest BCUT2D eigenvalue weighted by atomic mass is 10.1. The summed E-state index contributed by atoms with van der Waals surface area (Å²) in [5.41, 5.74) is 2.02. The van der Waals surface area contributed by atoms with E-state index in [2.05, 4.69) is 10.3 Å². The van der Waals surface area contributed by atoms with Crippen molar-refractivity contribution in [3.8, 4) is 0 Å². The highest BCUT2D eigenvalue weighted by Crippen LogP contribution is 2.26. The molecule has 0 saturated carbocycles. The molecule has 2 aromatic rings. The fraction of sp³-hybridized carbons (Fsp3) is 0.400. The summed E-state index contributed by atoms with van der Waals surface area (Å²) >= 11 is 0. The molecular formula is C15H19N3O. The Kier molecular flexibility index (Phi) is 3.25. The van der Waals surface area contributed by atoms with Crippen molar-refractivity contribution in [1.82, 2.24) is 10.3 Å². The number of aromatic nitrogens is 1. The van der Waals surface area contributed by atoms with Crippen molar-refractivity contribution in [2.45, 2.75) is 25.3 Å². The van der Waals surface area contributed by atoms with Gasteiger partial charge in [0.1, 0.15) is 0 Å². The van der Waals surface area contributed by atoms with Crippen LogP contribution >= 0.6 is 0 Å². The monoisotopic (exact) mass is 257 g/mol. The van der Waals surface area contributed by atoms with Crippen LogP contribution in [-0.2, 0) is 4.79 Å². The Hall–Kier alpha value is -1.81. The van der Waals surface area contributed by atoms with Gasteiger partial charge in [0.25, 0.3) is 0 Å². The number of anilines is 1. The van der Waals surface area contributed by atoms with Crippen LogP contribution in [0.5, 0.6) is 0 Å². The van der Waals surface area contributed by atoms with Crippen LogP contribution in [0.3, 0.4) is 0 Å². The van der Waals surface area contributed by atoms with E-state index in [1.807, 2.05) is 37.5 Å². The molecule has 1 aliphatic rings. The smallest absolute Gasteiger partial charge is 0.228 e. The van der Waals surface area contributed by atoms with E-state index in [0.717, 1.165) is 29.6 Å². The van der Waals surface area contributed by atoms with Crippen LogP contribution in [0.1, 0.15) is 19.3 Å². The number of para-hydroxylation sites is 1. The van der Waals surface area contributed by atoms with Gasteiger partial charge in [-0.15, -0.1) is 0 Å². The second-order valence-electron chi connectivity index (χ2n) is 5.17. The molecule has 1 atom stereocenters. The van der Waals surface area contributed by atoms with Crippen LogP contribution in [0.25, 0.3) is 10.9 Å². The molecule has 19 heavy (non-hydrogen) atoms. The minimum absolute atomic E-state index is 0.171. The Morgan fingerprint density at radius 2 is 2.26 bits per heavy atom. The number of benzene rings is 1. The van der Waals surface area contributed by atoms with Crippen molar-refractivity contribution in [2.24, 2.45) is 0 Å². The van der Waals surface area contributed by atoms with Crippen LogP contribution < -0.4 is 10.2 Å². The quantitative estimate of drug-likeness (QED) is 0.886. The SMILES string of the molecule is CN(C(=O)CC1CCCN1)c1c[nH]c2ccccc12. The number of fused-ring (bicyclic) bond motifs is 1. The molecule has 1 unspecified atom stereocenters. The van der Waals surface area contributed by atoms with Gasteiger partial charge in [-0.3, -0.25) is 4.79 Å². The standard InChI is InChI=1S/C15H19N3O/c1-18(15(19)9-11-5-4-8-16-11)14-10-17-13-7-3-2-6-12(13)14/h2-3,6-7,10-11,16-17H,4-5,8-9H2,1H3. The molecule has 1 aromatic heterocycles. The Bertz CT molecular complexity index is 584. The van der Waals surface area contributed by atoms with Crippen LogP contribution in [0, 0.1) is 0 Å². The third-order valence-corrected chi connectivity index (χ3v) is 3.89. The van der Waals surface area contributed by atoms with Gasteiger partial charge in [-0.25, -0.2) is 0 Å². The van der Waals surface area contributed by atoms with Crippen molar-refractivity contribution in [3.05, 3.63) is 30.5 Å². The van der Waals surface area contributed by atoms with Gasteiger partial charge in [-0.05, 0) is 25.5 Å². The first-order valence-electron chi connectivity index (χ1n) is 6.82. The van der Waals surface area contributed by atoms with E-state index < -0.39 is 0 Å². The number of carbonyl (C=O) groups excluding carboxylic acids is 1. The number of H-pyrrole nitrogens is 1. The van der Waals surface area contributed by atoms with Crippen molar-refractivity contribution in [2.75, 3.05) is 18.5 Å². The zero-order valence-electron chi connectivity index (χ0n) is 11.1. The van der Waals surface area contributed by atoms with Gasteiger partial charge in [0.15, 0.2) is 0 Å². The van der Waals surface area contributed by atoms with Gasteiger partial charge < -0.3 is 15.2 Å². The lowest BCUT2D eigenvalue weighted by Gasteiger charge is -2.18. The summed E-state index contributed by atoms with van der Waals surface area (Å²) in [5.74, 6) is 0.171. The van der Waals surface area contributed by atoms with Crippen molar-refractivity contribution in [1.29, 1.82) is 0 Å². The van der Waals surface area contributed by atoms with E-state index in [9.17, 15) is 4.79 Å². The van der Waals surface area contributed by atoms with Gasteiger partial charge in [0, 0.05) is 36.6 Å². The third-order valence-electron chi connectivity index (χ3n) is 3.89. The molecule has 1 fully saturated rings. The van der Waals surface area contributed by atoms with E-state index in [0.29, 0.717) is 12.5 Å². The molecule has 1 amide bonds. The lowest BCUT2D eigenvalue weighted by molar-refractivity contribution is -0.118. The molecular weight excluding hydrogens is 238 g/mol. The molecule has 0 aliphatic carbocycles. The molecule has 0 bridgehead atoms. The fourth-order valence-electron chi connectivity index (χ4n) is 2.75. The number of nitrogens with zero attached hydrogens (tertiary/aromatic N) is 1. The van der Waals surface area contributed by atoms with Gasteiger partial charge in [0.05, 0.1) is 5.69 Å². The van der Waals surface area contributed by atoms with E-state index in [-0.39, 0.29) is 5.91 Å². The van der Waals surface area contributed by atoms with Crippen molar-refractivity contribution < 1.29 is 4.79 Å². The largest absolute Gasteiger partial charge is 0.359 e. The topological polar surface area (TPSA) is 48.1 Å². The molecule has 3 rings (SSSR count). The van der Waals surface area contributed by atoms with E-state index in [1.165, 1.54) is 6.42 Å². The number of amides is 1. The molecule has 2 heterocycles. The van der Waals surface area contributed by atoms with E-state index in [1.54, 1.807) is 4.90 Å². The second-order valence-corrected chi connectivity index (χ2v) is 5.17. The highest BCUT2D eigenvalue weighted by atomic mass is 16.2. The summed E-state index contributed by atoms with van der Waals surface area (Å²) in [4.78, 5) is 17.3. The predicted molar refractivity (Wildman–Crippen MR) is 77.4 cm³/mol. The molecule has 1 saturated heterocycles. The summed E-state index contributed by atoms with van der Waals surface area (Å²) in [6.07, 6.45) is 4.77. The van der Waals surface area contributed by atoms with Crippen LogP contribution in [0.2, 0.25) is 0 Å². The number of hydrogen-bond donors (Lipinski definition) is 2. The first kappa shape index (κ1) is 12.2. The van der Waals surface area contributed by atoms with Crippen LogP contribution in [0.4, 0.5) is 5.69 Å². The number of hydrogen-bond acceptors (Lipinski definition) is 2. The summed E-state index contributed by atoms with van der Waals surface area (Å²) in [6, 6.07) is 8.40. The summed E-state index contributed by atoms with van der Waals surface area (Å²) in [6.45, 7) is 1.04. The van der Waals surface area contributed by atoms with Gasteiger partial charge in [-0.1, -0.05) is 18.2 Å². The Balaban J connectivity index is 1.78. The highest BCUT2D eigenvalue weighted by molar-refractivity contribution is 6.03. The number of aromatic amines is 1. The highest BCUT2D eigenvalue weighted by Gasteiger charge is 2.21. The van der Waals surface area contributed by atoms with Crippen molar-refractivity contribution >= 4 is 22.5 Å². The maximum Gasteiger partial charge on any atom is 0.228 e. The van der Waals surface area contributed by atoms with Crippen molar-refractivity contribution in [3.63, 3.8) is 0 Å². The number of rotatable bonds is 3. The second kappa shape index (κ2) is 5.05. The predicted octanol–water partition coefficient (Wildman–Crippen LogP) is 2.27. The van der Waals surface area contributed by atoms with Gasteiger partial charge in [0.2, 0.25) is 5.91 Å². The maximum atomic E-state index is 12.3. The molecule has 1 aromatic carbocycles. The molecule has 100 valence electrons. The number of carbonyl (C=O) groups is 1. The summed E-state index contributed by atoms with van der Waals surface area (Å²) < 4.78 is 0. The molecule has 4 heteroatoms. The van der Waals surface area contributed by atoms with Crippen LogP contribution in [-0.4, -0.2) is 30.5 Å². The Morgan fingerprint density at radius 3 is 3.05 bits per heavy atom. The first-order valence-corrected chi connectivity index (χ1v) is 6.82. The first-order chi connectivity index (χ1) is 9.25. The Morgan fingerprint density at radius 1 is 1.42 bits per heavy atom. The average Bonchev–Trinajstić information content (AvgIpc) is 3.06. The normalized spacial score (nSPS) is 18.9. The van der Waals surface area contributed by atoms with Gasteiger partial charge in [-0.2, -0.15) is 0 Å². The zero-order valence-corrected chi connectivity index (χ0v) is 11.1. The maximum absolute atomic E-state index is 12.3. The molecule has 4 nitrogen and oxygen atoms in total. The molecule has 1 aliphatic heterocycles.